The van der Waals surface area contributed by atoms with E-state index < -0.39 is 29.9 Å². The monoisotopic (exact) mass is 440 g/mol. The molecule has 1 unspecified atom stereocenters. The van der Waals surface area contributed by atoms with Crippen LogP contribution in [0.5, 0.6) is 0 Å². The Balaban J connectivity index is 2.25. The van der Waals surface area contributed by atoms with E-state index in [1.807, 2.05) is 9.24 Å². The molecule has 4 atom stereocenters. The van der Waals surface area contributed by atoms with E-state index in [4.69, 9.17) is 0 Å². The van der Waals surface area contributed by atoms with E-state index in [0.29, 0.717) is 25.8 Å². The molecule has 30 heavy (non-hydrogen) atoms. The average Bonchev–Trinajstić information content (AvgIpc) is 2.99. The zero-order valence-corrected chi connectivity index (χ0v) is 18.6. The first kappa shape index (κ1) is 25.4. The van der Waals surface area contributed by atoms with Gasteiger partial charge in [-0.1, -0.05) is 15.7 Å². The van der Waals surface area contributed by atoms with Gasteiger partial charge in [0, 0.05) is 25.1 Å². The fourth-order valence-corrected chi connectivity index (χ4v) is 2.66. The molecule has 5 amide bonds. The maximum atomic E-state index is 12.1. The normalized spacial score (nSPS) is 16.1. The van der Waals surface area contributed by atoms with Crippen molar-refractivity contribution in [2.75, 3.05) is 6.54 Å². The number of hydrogen-bond acceptors (Lipinski definition) is 6. The molecule has 1 rings (SSSR count). The number of rotatable bonds is 12. The molecule has 0 aliphatic carbocycles. The minimum Gasteiger partial charge on any atom is -0.345 e. The van der Waals surface area contributed by atoms with Gasteiger partial charge >= 0.3 is 0 Å². The smallest absolute Gasteiger partial charge is 0.253 e. The Kier molecular flexibility index (Phi) is 10.3. The highest BCUT2D eigenvalue weighted by atomic mass is 31.0. The number of carbonyl (C=O) groups is 6. The van der Waals surface area contributed by atoms with Crippen LogP contribution in [0.2, 0.25) is 0 Å². The molecule has 0 saturated carbocycles. The van der Waals surface area contributed by atoms with E-state index in [-0.39, 0.29) is 29.7 Å². The molecule has 10 nitrogen and oxygen atoms in total. The van der Waals surface area contributed by atoms with Gasteiger partial charge in [0.15, 0.2) is 5.52 Å². The van der Waals surface area contributed by atoms with Crippen molar-refractivity contribution >= 4 is 44.3 Å². The Bertz CT molecular complexity index is 721. The number of hydrogen-bond donors (Lipinski definition) is 3. The lowest BCUT2D eigenvalue weighted by atomic mass is 10.1. The van der Waals surface area contributed by atoms with Crippen LogP contribution in [0.15, 0.2) is 12.2 Å². The second kappa shape index (κ2) is 12.2. The summed E-state index contributed by atoms with van der Waals surface area (Å²) in [5.41, 5.74) is -0.280. The SMILES string of the molecule is C[C@H](NC(=O)[C@H](C)NC(=O)[C@H](C)NC(=O)CCCCCN1C(=O)C=CC1=O)C(=O)P. The second-order valence-corrected chi connectivity index (χ2v) is 7.69. The van der Waals surface area contributed by atoms with Crippen molar-refractivity contribution in [1.29, 1.82) is 0 Å². The van der Waals surface area contributed by atoms with Crippen LogP contribution in [-0.2, 0) is 28.8 Å². The number of amides is 5. The van der Waals surface area contributed by atoms with Gasteiger partial charge in [-0.05, 0) is 33.6 Å². The second-order valence-electron chi connectivity index (χ2n) is 7.12. The summed E-state index contributed by atoms with van der Waals surface area (Å²) in [5.74, 6) is -1.98. The summed E-state index contributed by atoms with van der Waals surface area (Å²) in [5, 5.41) is 7.51. The molecule has 1 aliphatic rings. The molecule has 1 aliphatic heterocycles. The third-order valence-corrected chi connectivity index (χ3v) is 4.99. The fraction of sp³-hybridized carbons (Fsp3) is 0.579. The van der Waals surface area contributed by atoms with Crippen molar-refractivity contribution in [3.05, 3.63) is 12.2 Å². The third-order valence-electron chi connectivity index (χ3n) is 4.49. The quantitative estimate of drug-likeness (QED) is 0.210. The van der Waals surface area contributed by atoms with Crippen molar-refractivity contribution in [2.24, 2.45) is 0 Å². The molecule has 0 spiro atoms. The molecule has 166 valence electrons. The number of carbonyl (C=O) groups excluding carboxylic acids is 6. The fourth-order valence-electron chi connectivity index (χ4n) is 2.58. The van der Waals surface area contributed by atoms with Crippen LogP contribution in [0.25, 0.3) is 0 Å². The van der Waals surface area contributed by atoms with Crippen molar-refractivity contribution < 1.29 is 28.8 Å². The zero-order chi connectivity index (χ0) is 22.8. The van der Waals surface area contributed by atoms with Crippen LogP contribution >= 0.6 is 9.24 Å². The molecule has 0 aromatic heterocycles. The highest BCUT2D eigenvalue weighted by Crippen LogP contribution is 2.07. The number of unbranched alkanes of at least 4 members (excludes halogenated alkanes) is 2. The summed E-state index contributed by atoms with van der Waals surface area (Å²) < 4.78 is 0. The molecular formula is C19H29N4O6P. The maximum absolute atomic E-state index is 12.1. The Morgan fingerprint density at radius 2 is 1.33 bits per heavy atom. The molecule has 0 aromatic carbocycles. The van der Waals surface area contributed by atoms with Gasteiger partial charge in [0.1, 0.15) is 12.1 Å². The predicted molar refractivity (Wildman–Crippen MR) is 112 cm³/mol. The van der Waals surface area contributed by atoms with E-state index in [9.17, 15) is 28.8 Å². The van der Waals surface area contributed by atoms with Crippen LogP contribution in [0, 0.1) is 0 Å². The van der Waals surface area contributed by atoms with Crippen molar-refractivity contribution in [3.63, 3.8) is 0 Å². The summed E-state index contributed by atoms with van der Waals surface area (Å²) in [4.78, 5) is 71.2. The number of nitrogens with one attached hydrogen (secondary N) is 3. The Hall–Kier alpha value is -2.61. The first-order chi connectivity index (χ1) is 14.0. The Labute approximate surface area is 177 Å². The molecule has 0 radical (unpaired) electrons. The van der Waals surface area contributed by atoms with Crippen molar-refractivity contribution in [3.8, 4) is 0 Å². The first-order valence-electron chi connectivity index (χ1n) is 9.76. The largest absolute Gasteiger partial charge is 0.345 e. The van der Waals surface area contributed by atoms with Crippen molar-refractivity contribution in [1.82, 2.24) is 20.9 Å². The van der Waals surface area contributed by atoms with Gasteiger partial charge in [-0.15, -0.1) is 0 Å². The lowest BCUT2D eigenvalue weighted by Gasteiger charge is -2.19. The maximum Gasteiger partial charge on any atom is 0.253 e. The van der Waals surface area contributed by atoms with E-state index in [1.54, 1.807) is 0 Å². The molecule has 0 aromatic rings. The number of nitrogens with zero attached hydrogens (tertiary/aromatic N) is 1. The van der Waals surface area contributed by atoms with Crippen LogP contribution in [0.1, 0.15) is 46.5 Å². The van der Waals surface area contributed by atoms with Gasteiger partial charge < -0.3 is 16.0 Å². The standard InChI is InChI=1S/C19H29N4O6P/c1-11(17(27)21-12(2)18(28)22-13(3)19(29)30)20-14(24)7-5-4-6-10-23-15(25)8-9-16(23)26/h8-9,11-13H,4-7,10,30H2,1-3H3,(H,20,24)(H,21,27)(H,22,28)/t11-,12-,13-/m0/s1. The van der Waals surface area contributed by atoms with E-state index in [0.717, 1.165) is 4.90 Å². The van der Waals surface area contributed by atoms with Gasteiger partial charge in [-0.3, -0.25) is 33.7 Å². The lowest BCUT2D eigenvalue weighted by molar-refractivity contribution is -0.137. The van der Waals surface area contributed by atoms with E-state index in [1.165, 1.54) is 32.9 Å². The zero-order valence-electron chi connectivity index (χ0n) is 17.4. The molecule has 0 saturated heterocycles. The molecule has 1 heterocycles. The predicted octanol–water partition coefficient (Wildman–Crippen LogP) is -0.612. The van der Waals surface area contributed by atoms with Crippen molar-refractivity contribution in [2.45, 2.75) is 64.6 Å². The van der Waals surface area contributed by atoms with Crippen LogP contribution in [0.3, 0.4) is 0 Å². The van der Waals surface area contributed by atoms with Crippen LogP contribution in [-0.4, -0.2) is 64.6 Å². The molecule has 0 bridgehead atoms. The highest BCUT2D eigenvalue weighted by molar-refractivity contribution is 7.40. The molecule has 3 N–H and O–H groups in total. The molecule has 0 fully saturated rings. The Morgan fingerprint density at radius 3 is 1.87 bits per heavy atom. The molecular weight excluding hydrogens is 411 g/mol. The summed E-state index contributed by atoms with van der Waals surface area (Å²) in [7, 11) is 1.97. The Morgan fingerprint density at radius 1 is 0.833 bits per heavy atom. The average molecular weight is 440 g/mol. The third kappa shape index (κ3) is 8.41. The number of imide groups is 1. The van der Waals surface area contributed by atoms with Gasteiger partial charge in [-0.25, -0.2) is 0 Å². The van der Waals surface area contributed by atoms with E-state index in [2.05, 4.69) is 16.0 Å². The van der Waals surface area contributed by atoms with Gasteiger partial charge in [-0.2, -0.15) is 0 Å². The van der Waals surface area contributed by atoms with Crippen LogP contribution < -0.4 is 16.0 Å². The summed E-state index contributed by atoms with van der Waals surface area (Å²) in [6.07, 6.45) is 4.44. The minimum atomic E-state index is -0.867. The van der Waals surface area contributed by atoms with E-state index >= 15 is 0 Å². The topological polar surface area (TPSA) is 142 Å². The molecule has 11 heteroatoms. The highest BCUT2D eigenvalue weighted by Gasteiger charge is 2.23. The lowest BCUT2D eigenvalue weighted by Crippen LogP contribution is -2.53. The minimum absolute atomic E-state index is 0.196. The summed E-state index contributed by atoms with van der Waals surface area (Å²) in [6.45, 7) is 4.83. The summed E-state index contributed by atoms with van der Waals surface area (Å²) >= 11 is 0. The summed E-state index contributed by atoms with van der Waals surface area (Å²) in [6, 6.07) is -2.38. The van der Waals surface area contributed by atoms with Gasteiger partial charge in [0.05, 0.1) is 6.04 Å². The van der Waals surface area contributed by atoms with Gasteiger partial charge in [0.25, 0.3) is 11.8 Å². The van der Waals surface area contributed by atoms with Crippen LogP contribution in [0.4, 0.5) is 0 Å². The first-order valence-corrected chi connectivity index (χ1v) is 10.3. The van der Waals surface area contributed by atoms with Gasteiger partial charge in [0.2, 0.25) is 17.7 Å².